The Morgan fingerprint density at radius 1 is 1.12 bits per heavy atom. The Hall–Kier alpha value is -2.55. The van der Waals surface area contributed by atoms with Gasteiger partial charge in [-0.15, -0.1) is 0 Å². The fraction of sp³-hybridized carbons (Fsp3) is 0.312. The van der Waals surface area contributed by atoms with Crippen molar-refractivity contribution in [3.63, 3.8) is 0 Å². The van der Waals surface area contributed by atoms with Crippen LogP contribution in [0, 0.1) is 0 Å². The number of ether oxygens (including phenoxy) is 2. The number of hydroxylamine groups is 2. The average molecular weight is 337 g/mol. The lowest BCUT2D eigenvalue weighted by atomic mass is 10.2. The molecule has 0 spiro atoms. The first kappa shape index (κ1) is 19.5. The predicted octanol–water partition coefficient (Wildman–Crippen LogP) is 2.06. The molecule has 0 radical (unpaired) electrons. The third-order valence-corrected chi connectivity index (χ3v) is 2.95. The van der Waals surface area contributed by atoms with Crippen molar-refractivity contribution < 1.29 is 23.9 Å². The van der Waals surface area contributed by atoms with E-state index in [0.29, 0.717) is 17.1 Å². The van der Waals surface area contributed by atoms with E-state index in [1.807, 2.05) is 12.1 Å². The number of nitrogens with one attached hydrogen (secondary N) is 2. The predicted molar refractivity (Wildman–Crippen MR) is 89.6 cm³/mol. The van der Waals surface area contributed by atoms with Crippen molar-refractivity contribution in [2.24, 2.45) is 0 Å². The molecule has 1 aromatic carbocycles. The zero-order valence-electron chi connectivity index (χ0n) is 14.1. The van der Waals surface area contributed by atoms with Gasteiger partial charge in [-0.2, -0.15) is 0 Å². The Bertz CT molecular complexity index is 577. The molecule has 24 heavy (non-hydrogen) atoms. The number of methoxy groups -OCH3 is 2. The number of hydrogen-bond donors (Lipinski definition) is 2. The van der Waals surface area contributed by atoms with Crippen LogP contribution >= 0.6 is 0 Å². The molecule has 0 aliphatic heterocycles. The summed E-state index contributed by atoms with van der Waals surface area (Å²) in [6.07, 6.45) is -0.528. The summed E-state index contributed by atoms with van der Waals surface area (Å²) < 4.78 is 9.84. The van der Waals surface area contributed by atoms with Crippen molar-refractivity contribution in [2.75, 3.05) is 33.0 Å². The van der Waals surface area contributed by atoms with Crippen molar-refractivity contribution in [1.82, 2.24) is 11.0 Å². The Kier molecular flexibility index (Phi) is 8.34. The summed E-state index contributed by atoms with van der Waals surface area (Å²) in [5, 5.41) is 0. The highest BCUT2D eigenvalue weighted by molar-refractivity contribution is 5.88. The Labute approximate surface area is 141 Å². The van der Waals surface area contributed by atoms with E-state index in [9.17, 15) is 4.79 Å². The van der Waals surface area contributed by atoms with Crippen molar-refractivity contribution >= 4 is 11.8 Å². The van der Waals surface area contributed by atoms with Crippen LogP contribution in [0.2, 0.25) is 0 Å². The van der Waals surface area contributed by atoms with Gasteiger partial charge in [0.05, 0.1) is 31.3 Å². The molecule has 1 aromatic rings. The molecule has 0 bridgehead atoms. The Morgan fingerprint density at radius 3 is 2.42 bits per heavy atom. The molecule has 132 valence electrons. The minimum absolute atomic E-state index is 0.0540. The first-order chi connectivity index (χ1) is 11.5. The molecular formula is C16H23N3O5. The number of carbonyl (C=O) groups excluding carboxylic acids is 1. The van der Waals surface area contributed by atoms with Crippen LogP contribution in [0.4, 0.5) is 10.5 Å². The van der Waals surface area contributed by atoms with Crippen LogP contribution < -0.4 is 15.9 Å². The molecule has 0 aromatic heterocycles. The van der Waals surface area contributed by atoms with E-state index in [4.69, 9.17) is 19.1 Å². The molecule has 0 atom stereocenters. The van der Waals surface area contributed by atoms with Crippen LogP contribution in [-0.2, 0) is 25.8 Å². The lowest BCUT2D eigenvalue weighted by molar-refractivity contribution is 0.0457. The molecule has 8 heteroatoms. The minimum atomic E-state index is -0.528. The van der Waals surface area contributed by atoms with Gasteiger partial charge >= 0.3 is 6.09 Å². The highest BCUT2D eigenvalue weighted by atomic mass is 16.6. The highest BCUT2D eigenvalue weighted by Crippen LogP contribution is 2.22. The fourth-order valence-corrected chi connectivity index (χ4v) is 1.80. The van der Waals surface area contributed by atoms with Gasteiger partial charge in [-0.3, -0.25) is 25.5 Å². The average Bonchev–Trinajstić information content (AvgIpc) is 2.59. The maximum Gasteiger partial charge on any atom is 0.415 e. The largest absolute Gasteiger partial charge is 0.452 e. The van der Waals surface area contributed by atoms with E-state index in [0.717, 1.165) is 5.56 Å². The van der Waals surface area contributed by atoms with Crippen LogP contribution in [0.15, 0.2) is 48.8 Å². The number of benzene rings is 1. The third-order valence-electron chi connectivity index (χ3n) is 2.95. The van der Waals surface area contributed by atoms with Gasteiger partial charge in [-0.05, 0) is 6.07 Å². The SMILES string of the molecule is C=C(NOC)C(=C)NOCc1ccccc1N(COC)C(=O)OC. The molecule has 0 heterocycles. The topological polar surface area (TPSA) is 81.3 Å². The van der Waals surface area contributed by atoms with E-state index in [2.05, 4.69) is 24.1 Å². The molecule has 2 N–H and O–H groups in total. The molecule has 0 saturated heterocycles. The maximum atomic E-state index is 11.9. The summed E-state index contributed by atoms with van der Waals surface area (Å²) in [4.78, 5) is 23.4. The zero-order chi connectivity index (χ0) is 17.9. The van der Waals surface area contributed by atoms with Crippen LogP contribution in [0.1, 0.15) is 5.56 Å². The van der Waals surface area contributed by atoms with Crippen molar-refractivity contribution in [2.45, 2.75) is 6.61 Å². The lowest BCUT2D eigenvalue weighted by Gasteiger charge is -2.23. The molecule has 0 saturated carbocycles. The number of para-hydroxylation sites is 1. The number of amides is 1. The van der Waals surface area contributed by atoms with Gasteiger partial charge in [0, 0.05) is 12.7 Å². The number of anilines is 1. The molecule has 0 aliphatic carbocycles. The summed E-state index contributed by atoms with van der Waals surface area (Å²) >= 11 is 0. The first-order valence-electron chi connectivity index (χ1n) is 7.02. The molecule has 0 fully saturated rings. The van der Waals surface area contributed by atoms with Crippen molar-refractivity contribution in [3.05, 3.63) is 54.4 Å². The molecule has 1 rings (SSSR count). The summed E-state index contributed by atoms with van der Waals surface area (Å²) in [7, 11) is 4.27. The molecule has 0 aliphatic rings. The Morgan fingerprint density at radius 2 is 1.79 bits per heavy atom. The molecule has 1 amide bonds. The highest BCUT2D eigenvalue weighted by Gasteiger charge is 2.19. The second-order valence-electron chi connectivity index (χ2n) is 4.60. The molecule has 8 nitrogen and oxygen atoms in total. The van der Waals surface area contributed by atoms with Crippen LogP contribution in [0.25, 0.3) is 0 Å². The second-order valence-corrected chi connectivity index (χ2v) is 4.60. The van der Waals surface area contributed by atoms with Crippen LogP contribution in [-0.4, -0.2) is 34.2 Å². The smallest absolute Gasteiger partial charge is 0.415 e. The lowest BCUT2D eigenvalue weighted by Crippen LogP contribution is -2.33. The van der Waals surface area contributed by atoms with E-state index < -0.39 is 6.09 Å². The molecular weight excluding hydrogens is 314 g/mol. The normalized spacial score (nSPS) is 9.96. The standard InChI is InChI=1S/C16H23N3O5/c1-12(17-23-5)13(2)18-24-10-14-8-6-7-9-15(14)19(11-21-3)16(20)22-4/h6-9,17-18H,1-2,10-11H2,3-5H3. The van der Waals surface area contributed by atoms with Gasteiger partial charge in [0.25, 0.3) is 0 Å². The van der Waals surface area contributed by atoms with Gasteiger partial charge < -0.3 is 9.47 Å². The minimum Gasteiger partial charge on any atom is -0.452 e. The summed E-state index contributed by atoms with van der Waals surface area (Å²) in [6.45, 7) is 7.69. The van der Waals surface area contributed by atoms with Crippen LogP contribution in [0.5, 0.6) is 0 Å². The van der Waals surface area contributed by atoms with Crippen molar-refractivity contribution in [3.8, 4) is 0 Å². The Balaban J connectivity index is 2.77. The zero-order valence-corrected chi connectivity index (χ0v) is 14.1. The monoisotopic (exact) mass is 337 g/mol. The third kappa shape index (κ3) is 5.58. The first-order valence-corrected chi connectivity index (χ1v) is 7.02. The summed E-state index contributed by atoms with van der Waals surface area (Å²) in [5.41, 5.74) is 7.41. The van der Waals surface area contributed by atoms with E-state index in [-0.39, 0.29) is 13.3 Å². The van der Waals surface area contributed by atoms with Gasteiger partial charge in [0.2, 0.25) is 0 Å². The second kappa shape index (κ2) is 10.3. The van der Waals surface area contributed by atoms with Crippen molar-refractivity contribution in [1.29, 1.82) is 0 Å². The summed E-state index contributed by atoms with van der Waals surface area (Å²) in [5.74, 6) is 0. The molecule has 0 unspecified atom stereocenters. The van der Waals surface area contributed by atoms with Gasteiger partial charge in [0.1, 0.15) is 13.3 Å². The number of carbonyl (C=O) groups is 1. The number of rotatable bonds is 10. The van der Waals surface area contributed by atoms with Gasteiger partial charge in [0.15, 0.2) is 0 Å². The number of hydrogen-bond acceptors (Lipinski definition) is 7. The van der Waals surface area contributed by atoms with E-state index >= 15 is 0 Å². The quantitative estimate of drug-likeness (QED) is 0.384. The summed E-state index contributed by atoms with van der Waals surface area (Å²) in [6, 6.07) is 7.24. The fourth-order valence-electron chi connectivity index (χ4n) is 1.80. The van der Waals surface area contributed by atoms with Gasteiger partial charge in [-0.25, -0.2) is 4.79 Å². The van der Waals surface area contributed by atoms with Crippen LogP contribution in [0.3, 0.4) is 0 Å². The van der Waals surface area contributed by atoms with E-state index in [1.54, 1.807) is 12.1 Å². The van der Waals surface area contributed by atoms with Gasteiger partial charge in [-0.1, -0.05) is 31.4 Å². The van der Waals surface area contributed by atoms with E-state index in [1.165, 1.54) is 26.2 Å². The number of nitrogens with zero attached hydrogens (tertiary/aromatic N) is 1. The maximum absolute atomic E-state index is 11.9.